The Morgan fingerprint density at radius 1 is 1.17 bits per heavy atom. The summed E-state index contributed by atoms with van der Waals surface area (Å²) in [6.07, 6.45) is -2.42. The van der Waals surface area contributed by atoms with Gasteiger partial charge in [0.05, 0.1) is 24.8 Å². The minimum atomic E-state index is -4.37. The van der Waals surface area contributed by atoms with Gasteiger partial charge in [0.25, 0.3) is 5.91 Å². The van der Waals surface area contributed by atoms with E-state index in [0.717, 1.165) is 28.2 Å². The molecule has 4 nitrogen and oxygen atoms in total. The molecule has 2 aromatic carbocycles. The number of nitrogens with one attached hydrogen (secondary N) is 1. The maximum absolute atomic E-state index is 12.9. The third kappa shape index (κ3) is 5.56. The number of benzene rings is 2. The Balaban J connectivity index is 1.79. The molecule has 0 aromatic heterocycles. The van der Waals surface area contributed by atoms with Crippen molar-refractivity contribution in [2.24, 2.45) is 0 Å². The second kappa shape index (κ2) is 9.85. The van der Waals surface area contributed by atoms with E-state index in [1.54, 1.807) is 11.8 Å². The molecule has 0 saturated carbocycles. The topological polar surface area (TPSA) is 41.6 Å². The summed E-state index contributed by atoms with van der Waals surface area (Å²) in [5, 5.41) is 2.98. The van der Waals surface area contributed by atoms with Crippen molar-refractivity contribution in [3.05, 3.63) is 64.7 Å². The second-order valence-corrected chi connectivity index (χ2v) is 8.05. The summed E-state index contributed by atoms with van der Waals surface area (Å²) in [7, 11) is 0. The summed E-state index contributed by atoms with van der Waals surface area (Å²) >= 11 is 1.56. The average Bonchev–Trinajstić information content (AvgIpc) is 2.74. The standard InChI is InChI=1S/C22H25F3N2O2S/c1-15-3-8-18(30-2)13-19(15)21(28)26-14-20(27-9-11-29-12-10-27)16-4-6-17(7-5-16)22(23,24)25/h3-8,13,20H,9-12,14H2,1-2H3,(H,26,28). The molecule has 0 aliphatic carbocycles. The summed E-state index contributed by atoms with van der Waals surface area (Å²) in [6.45, 7) is 4.60. The third-order valence-corrected chi connectivity index (χ3v) is 5.98. The van der Waals surface area contributed by atoms with Crippen LogP contribution in [0.4, 0.5) is 13.2 Å². The molecule has 1 saturated heterocycles. The quantitative estimate of drug-likeness (QED) is 0.673. The maximum Gasteiger partial charge on any atom is 0.416 e. The van der Waals surface area contributed by atoms with E-state index in [4.69, 9.17) is 4.74 Å². The number of nitrogens with zero attached hydrogens (tertiary/aromatic N) is 1. The van der Waals surface area contributed by atoms with Crippen LogP contribution in [0.3, 0.4) is 0 Å². The second-order valence-electron chi connectivity index (χ2n) is 7.17. The van der Waals surface area contributed by atoms with E-state index in [0.29, 0.717) is 38.4 Å². The molecule has 1 atom stereocenters. The van der Waals surface area contributed by atoms with Crippen molar-refractivity contribution >= 4 is 17.7 Å². The number of halogens is 3. The molecule has 1 N–H and O–H groups in total. The Labute approximate surface area is 178 Å². The molecule has 1 aliphatic heterocycles. The Kier molecular flexibility index (Phi) is 7.44. The van der Waals surface area contributed by atoms with Gasteiger partial charge in [-0.05, 0) is 48.6 Å². The number of amides is 1. The number of rotatable bonds is 6. The molecule has 0 bridgehead atoms. The molecule has 0 spiro atoms. The van der Waals surface area contributed by atoms with Gasteiger partial charge >= 0.3 is 6.18 Å². The van der Waals surface area contributed by atoms with Crippen LogP contribution in [0, 0.1) is 6.92 Å². The van der Waals surface area contributed by atoms with Gasteiger partial charge in [0.1, 0.15) is 0 Å². The fraction of sp³-hybridized carbons (Fsp3) is 0.409. The highest BCUT2D eigenvalue weighted by Gasteiger charge is 2.31. The predicted octanol–water partition coefficient (Wildman–Crippen LogP) is 4.54. The summed E-state index contributed by atoms with van der Waals surface area (Å²) < 4.78 is 44.2. The van der Waals surface area contributed by atoms with Gasteiger partial charge < -0.3 is 10.1 Å². The van der Waals surface area contributed by atoms with E-state index in [9.17, 15) is 18.0 Å². The highest BCUT2D eigenvalue weighted by Crippen LogP contribution is 2.31. The molecule has 1 unspecified atom stereocenters. The van der Waals surface area contributed by atoms with Crippen LogP contribution in [0.1, 0.15) is 33.1 Å². The number of carbonyl (C=O) groups excluding carboxylic acids is 1. The van der Waals surface area contributed by atoms with E-state index in [1.807, 2.05) is 31.4 Å². The van der Waals surface area contributed by atoms with Crippen molar-refractivity contribution in [1.82, 2.24) is 10.2 Å². The zero-order chi connectivity index (χ0) is 21.7. The number of hydrogen-bond acceptors (Lipinski definition) is 4. The first-order chi connectivity index (χ1) is 14.3. The molecule has 2 aromatic rings. The number of carbonyl (C=O) groups is 1. The van der Waals surface area contributed by atoms with Gasteiger partial charge in [-0.15, -0.1) is 11.8 Å². The molecule has 0 radical (unpaired) electrons. The Bertz CT molecular complexity index is 866. The van der Waals surface area contributed by atoms with Crippen molar-refractivity contribution in [2.75, 3.05) is 39.1 Å². The van der Waals surface area contributed by atoms with Crippen molar-refractivity contribution in [3.8, 4) is 0 Å². The van der Waals surface area contributed by atoms with Crippen LogP contribution in [0.2, 0.25) is 0 Å². The van der Waals surface area contributed by atoms with Crippen LogP contribution in [-0.4, -0.2) is 49.9 Å². The van der Waals surface area contributed by atoms with Gasteiger partial charge in [0, 0.05) is 30.1 Å². The average molecular weight is 439 g/mol. The van der Waals surface area contributed by atoms with Gasteiger partial charge in [0.2, 0.25) is 0 Å². The summed E-state index contributed by atoms with van der Waals surface area (Å²) in [5.74, 6) is -0.187. The van der Waals surface area contributed by atoms with Crippen molar-refractivity contribution in [3.63, 3.8) is 0 Å². The van der Waals surface area contributed by atoms with Gasteiger partial charge in [-0.3, -0.25) is 9.69 Å². The van der Waals surface area contributed by atoms with Crippen LogP contribution in [0.15, 0.2) is 47.4 Å². The van der Waals surface area contributed by atoms with Crippen LogP contribution >= 0.6 is 11.8 Å². The van der Waals surface area contributed by atoms with Crippen LogP contribution in [0.25, 0.3) is 0 Å². The lowest BCUT2D eigenvalue weighted by atomic mass is 10.0. The normalized spacial score (nSPS) is 16.3. The summed E-state index contributed by atoms with van der Waals surface area (Å²) in [6, 6.07) is 10.7. The predicted molar refractivity (Wildman–Crippen MR) is 112 cm³/mol. The van der Waals surface area contributed by atoms with E-state index in [1.165, 1.54) is 12.1 Å². The smallest absolute Gasteiger partial charge is 0.379 e. The third-order valence-electron chi connectivity index (χ3n) is 5.25. The van der Waals surface area contributed by atoms with Crippen molar-refractivity contribution in [2.45, 2.75) is 24.0 Å². The lowest BCUT2D eigenvalue weighted by Gasteiger charge is -2.35. The minimum Gasteiger partial charge on any atom is -0.379 e. The highest BCUT2D eigenvalue weighted by atomic mass is 32.2. The Morgan fingerprint density at radius 2 is 1.83 bits per heavy atom. The lowest BCUT2D eigenvalue weighted by Crippen LogP contribution is -2.43. The lowest BCUT2D eigenvalue weighted by molar-refractivity contribution is -0.137. The fourth-order valence-corrected chi connectivity index (χ4v) is 3.94. The van der Waals surface area contributed by atoms with E-state index in [-0.39, 0.29) is 11.9 Å². The largest absolute Gasteiger partial charge is 0.416 e. The first kappa shape index (κ1) is 22.7. The monoisotopic (exact) mass is 438 g/mol. The van der Waals surface area contributed by atoms with Gasteiger partial charge in [-0.25, -0.2) is 0 Å². The van der Waals surface area contributed by atoms with Crippen molar-refractivity contribution in [1.29, 1.82) is 0 Å². The van der Waals surface area contributed by atoms with E-state index >= 15 is 0 Å². The zero-order valence-corrected chi connectivity index (χ0v) is 17.8. The Hall–Kier alpha value is -2.03. The number of hydrogen-bond donors (Lipinski definition) is 1. The molecule has 30 heavy (non-hydrogen) atoms. The Morgan fingerprint density at radius 3 is 2.43 bits per heavy atom. The number of alkyl halides is 3. The number of ether oxygens (including phenoxy) is 1. The van der Waals surface area contributed by atoms with Gasteiger partial charge in [-0.2, -0.15) is 13.2 Å². The first-order valence-electron chi connectivity index (χ1n) is 9.71. The van der Waals surface area contributed by atoms with Gasteiger partial charge in [0.15, 0.2) is 0 Å². The minimum absolute atomic E-state index is 0.187. The maximum atomic E-state index is 12.9. The molecule has 3 rings (SSSR count). The summed E-state index contributed by atoms with van der Waals surface area (Å²) in [4.78, 5) is 16.0. The molecule has 8 heteroatoms. The van der Waals surface area contributed by atoms with E-state index < -0.39 is 11.7 Å². The summed E-state index contributed by atoms with van der Waals surface area (Å²) in [5.41, 5.74) is 1.54. The molecule has 1 fully saturated rings. The van der Waals surface area contributed by atoms with Crippen LogP contribution in [0.5, 0.6) is 0 Å². The van der Waals surface area contributed by atoms with Crippen LogP contribution in [-0.2, 0) is 10.9 Å². The fourth-order valence-electron chi connectivity index (χ4n) is 3.50. The number of morpholine rings is 1. The van der Waals surface area contributed by atoms with E-state index in [2.05, 4.69) is 10.2 Å². The molecular weight excluding hydrogens is 413 g/mol. The SMILES string of the molecule is CSc1ccc(C)c(C(=O)NCC(c2ccc(C(F)(F)F)cc2)N2CCOCC2)c1. The zero-order valence-electron chi connectivity index (χ0n) is 17.0. The molecule has 1 aliphatic rings. The number of aryl methyl sites for hydroxylation is 1. The van der Waals surface area contributed by atoms with Gasteiger partial charge in [-0.1, -0.05) is 18.2 Å². The molecule has 162 valence electrons. The molecular formula is C22H25F3N2O2S. The highest BCUT2D eigenvalue weighted by molar-refractivity contribution is 7.98. The number of thioether (sulfide) groups is 1. The molecule has 1 amide bonds. The van der Waals surface area contributed by atoms with Crippen LogP contribution < -0.4 is 5.32 Å². The molecule has 1 heterocycles. The first-order valence-corrected chi connectivity index (χ1v) is 10.9. The van der Waals surface area contributed by atoms with Crippen molar-refractivity contribution < 1.29 is 22.7 Å².